The van der Waals surface area contributed by atoms with E-state index in [9.17, 15) is 14.4 Å². The third-order valence-electron chi connectivity index (χ3n) is 4.35. The van der Waals surface area contributed by atoms with Gasteiger partial charge in [0, 0.05) is 17.6 Å². The van der Waals surface area contributed by atoms with Crippen LogP contribution in [0.2, 0.25) is 0 Å². The van der Waals surface area contributed by atoms with E-state index in [1.807, 2.05) is 13.8 Å². The minimum absolute atomic E-state index is 0.0889. The molecule has 0 saturated carbocycles. The van der Waals surface area contributed by atoms with Crippen LogP contribution in [0.4, 0.5) is 10.5 Å². The van der Waals surface area contributed by atoms with E-state index < -0.39 is 29.5 Å². The topological polar surface area (TPSA) is 149 Å². The van der Waals surface area contributed by atoms with Crippen molar-refractivity contribution in [2.75, 3.05) is 18.5 Å². The predicted molar refractivity (Wildman–Crippen MR) is 131 cm³/mol. The summed E-state index contributed by atoms with van der Waals surface area (Å²) >= 11 is 0. The maximum atomic E-state index is 12.6. The van der Waals surface area contributed by atoms with Gasteiger partial charge in [0.1, 0.15) is 11.5 Å². The van der Waals surface area contributed by atoms with E-state index in [-0.39, 0.29) is 19.1 Å². The Hall–Kier alpha value is -3.27. The number of nitrogens with two attached hydrogens (primary N) is 2. The number of carbonyl (C=O) groups excluding carboxylic acids is 3. The van der Waals surface area contributed by atoms with Crippen LogP contribution in [-0.2, 0) is 25.6 Å². The van der Waals surface area contributed by atoms with Gasteiger partial charge in [0.25, 0.3) is 0 Å². The van der Waals surface area contributed by atoms with Gasteiger partial charge in [0.2, 0.25) is 5.91 Å². The number of hydrogen-bond donors (Lipinski definition) is 4. The van der Waals surface area contributed by atoms with E-state index in [1.54, 1.807) is 52.0 Å². The van der Waals surface area contributed by atoms with Crippen LogP contribution in [0.5, 0.6) is 0 Å². The van der Waals surface area contributed by atoms with Crippen molar-refractivity contribution in [3.63, 3.8) is 0 Å². The molecule has 0 aromatic heterocycles. The van der Waals surface area contributed by atoms with Gasteiger partial charge in [-0.05, 0) is 57.7 Å². The number of esters is 1. The van der Waals surface area contributed by atoms with Gasteiger partial charge in [-0.1, -0.05) is 26.0 Å². The average Bonchev–Trinajstić information content (AvgIpc) is 2.70. The minimum Gasteiger partial charge on any atom is -0.465 e. The van der Waals surface area contributed by atoms with Crippen molar-refractivity contribution in [2.24, 2.45) is 23.4 Å². The molecule has 0 spiro atoms. The first-order chi connectivity index (χ1) is 15.8. The SMILES string of the molecule is CCOC(=O)C(CC(C)C)C(=O)Nc1ccc(CN(N)/C=C(\N)CNC(=O)OC(C)(C)C)cc1. The number of alkyl carbamates (subject to hydrolysis) is 1. The molecule has 10 nitrogen and oxygen atoms in total. The third kappa shape index (κ3) is 11.6. The Balaban J connectivity index is 2.65. The summed E-state index contributed by atoms with van der Waals surface area (Å²) < 4.78 is 10.2. The van der Waals surface area contributed by atoms with Crippen LogP contribution >= 0.6 is 0 Å². The summed E-state index contributed by atoms with van der Waals surface area (Å²) in [6, 6.07) is 7.08. The molecular formula is C24H39N5O5. The molecule has 34 heavy (non-hydrogen) atoms. The lowest BCUT2D eigenvalue weighted by Crippen LogP contribution is -2.35. The fourth-order valence-corrected chi connectivity index (χ4v) is 2.95. The van der Waals surface area contributed by atoms with Gasteiger partial charge in [-0.25, -0.2) is 10.6 Å². The molecule has 1 aromatic rings. The average molecular weight is 478 g/mol. The summed E-state index contributed by atoms with van der Waals surface area (Å²) in [4.78, 5) is 36.5. The lowest BCUT2D eigenvalue weighted by atomic mass is 9.96. The van der Waals surface area contributed by atoms with Gasteiger partial charge in [-0.2, -0.15) is 0 Å². The van der Waals surface area contributed by atoms with Crippen LogP contribution in [0, 0.1) is 11.8 Å². The number of benzene rings is 1. The first-order valence-electron chi connectivity index (χ1n) is 11.3. The Bertz CT molecular complexity index is 846. The number of anilines is 1. The number of ether oxygens (including phenoxy) is 2. The Morgan fingerprint density at radius 2 is 1.76 bits per heavy atom. The molecule has 0 fully saturated rings. The minimum atomic E-state index is -0.860. The fourth-order valence-electron chi connectivity index (χ4n) is 2.95. The monoisotopic (exact) mass is 477 g/mol. The van der Waals surface area contributed by atoms with Crippen LogP contribution in [0.1, 0.15) is 53.5 Å². The number of nitrogens with one attached hydrogen (secondary N) is 2. The number of hydrazine groups is 1. The molecule has 0 bridgehead atoms. The molecule has 0 aliphatic rings. The molecule has 1 atom stereocenters. The van der Waals surface area contributed by atoms with Crippen molar-refractivity contribution in [3.05, 3.63) is 41.7 Å². The van der Waals surface area contributed by atoms with Gasteiger partial charge in [0.15, 0.2) is 0 Å². The summed E-state index contributed by atoms with van der Waals surface area (Å²) in [7, 11) is 0. The largest absolute Gasteiger partial charge is 0.465 e. The molecule has 1 aromatic carbocycles. The van der Waals surface area contributed by atoms with Crippen molar-refractivity contribution < 1.29 is 23.9 Å². The normalized spacial score (nSPS) is 12.6. The molecular weight excluding hydrogens is 438 g/mol. The van der Waals surface area contributed by atoms with E-state index in [0.29, 0.717) is 24.4 Å². The van der Waals surface area contributed by atoms with E-state index in [1.165, 1.54) is 11.2 Å². The first-order valence-corrected chi connectivity index (χ1v) is 11.3. The maximum Gasteiger partial charge on any atom is 0.407 e. The zero-order valence-corrected chi connectivity index (χ0v) is 21.0. The first kappa shape index (κ1) is 28.8. The lowest BCUT2D eigenvalue weighted by Gasteiger charge is -2.20. The Labute approximate surface area is 202 Å². The second-order valence-electron chi connectivity index (χ2n) is 9.35. The number of carbonyl (C=O) groups is 3. The molecule has 10 heteroatoms. The van der Waals surface area contributed by atoms with Crippen LogP contribution in [0.3, 0.4) is 0 Å². The summed E-state index contributed by atoms with van der Waals surface area (Å²) in [5.41, 5.74) is 7.10. The second-order valence-corrected chi connectivity index (χ2v) is 9.35. The highest BCUT2D eigenvalue weighted by molar-refractivity contribution is 6.04. The quantitative estimate of drug-likeness (QED) is 0.164. The molecule has 0 aliphatic carbocycles. The van der Waals surface area contributed by atoms with E-state index in [4.69, 9.17) is 21.1 Å². The van der Waals surface area contributed by atoms with Crippen molar-refractivity contribution in [3.8, 4) is 0 Å². The Morgan fingerprint density at radius 3 is 2.29 bits per heavy atom. The molecule has 0 heterocycles. The summed E-state index contributed by atoms with van der Waals surface area (Å²) in [5, 5.41) is 6.72. The van der Waals surface area contributed by atoms with Gasteiger partial charge in [0.05, 0.1) is 19.7 Å². The molecule has 2 amide bonds. The fraction of sp³-hybridized carbons (Fsp3) is 0.542. The predicted octanol–water partition coefficient (Wildman–Crippen LogP) is 2.85. The molecule has 1 rings (SSSR count). The molecule has 0 radical (unpaired) electrons. The molecule has 190 valence electrons. The summed E-state index contributed by atoms with van der Waals surface area (Å²) in [6.07, 6.45) is 1.35. The maximum absolute atomic E-state index is 12.6. The number of amides is 2. The lowest BCUT2D eigenvalue weighted by molar-refractivity contribution is -0.151. The number of rotatable bonds is 11. The summed E-state index contributed by atoms with van der Waals surface area (Å²) in [6.45, 7) is 11.6. The molecule has 1 unspecified atom stereocenters. The highest BCUT2D eigenvalue weighted by Gasteiger charge is 2.28. The molecule has 6 N–H and O–H groups in total. The Kier molecular flexibility index (Phi) is 11.4. The molecule has 0 aliphatic heterocycles. The van der Waals surface area contributed by atoms with Gasteiger partial charge >= 0.3 is 12.1 Å². The van der Waals surface area contributed by atoms with Crippen molar-refractivity contribution >= 4 is 23.7 Å². The highest BCUT2D eigenvalue weighted by Crippen LogP contribution is 2.18. The van der Waals surface area contributed by atoms with Crippen LogP contribution < -0.4 is 22.2 Å². The highest BCUT2D eigenvalue weighted by atomic mass is 16.6. The van der Waals surface area contributed by atoms with E-state index in [2.05, 4.69) is 10.6 Å². The summed E-state index contributed by atoms with van der Waals surface area (Å²) in [5.74, 6) is 4.38. The molecule has 0 saturated heterocycles. The third-order valence-corrected chi connectivity index (χ3v) is 4.35. The second kappa shape index (κ2) is 13.4. The van der Waals surface area contributed by atoms with Gasteiger partial charge < -0.3 is 30.8 Å². The van der Waals surface area contributed by atoms with Crippen LogP contribution in [0.25, 0.3) is 0 Å². The Morgan fingerprint density at radius 1 is 1.15 bits per heavy atom. The van der Waals surface area contributed by atoms with Gasteiger partial charge in [-0.3, -0.25) is 9.59 Å². The van der Waals surface area contributed by atoms with Crippen LogP contribution in [0.15, 0.2) is 36.2 Å². The van der Waals surface area contributed by atoms with E-state index in [0.717, 1.165) is 5.56 Å². The number of hydrogen-bond acceptors (Lipinski definition) is 8. The van der Waals surface area contributed by atoms with Crippen molar-refractivity contribution in [2.45, 2.75) is 60.1 Å². The van der Waals surface area contributed by atoms with E-state index >= 15 is 0 Å². The number of nitrogens with zero attached hydrogens (tertiary/aromatic N) is 1. The zero-order chi connectivity index (χ0) is 25.9. The van der Waals surface area contributed by atoms with Gasteiger partial charge in [-0.15, -0.1) is 0 Å². The zero-order valence-electron chi connectivity index (χ0n) is 21.0. The standard InChI is InChI=1S/C24H39N5O5/c1-7-33-22(31)20(12-16(2)3)21(30)28-19-10-8-17(9-11-19)14-29(26)15-18(25)13-27-23(32)34-24(4,5)6/h8-11,15-16,20H,7,12-14,25-26H2,1-6H3,(H,27,32)(H,28,30)/b18-15-. The van der Waals surface area contributed by atoms with Crippen LogP contribution in [-0.4, -0.2) is 41.7 Å². The smallest absolute Gasteiger partial charge is 0.407 e. The van der Waals surface area contributed by atoms with Crippen molar-refractivity contribution in [1.82, 2.24) is 10.3 Å². The van der Waals surface area contributed by atoms with Crippen molar-refractivity contribution in [1.29, 1.82) is 0 Å².